The molecule has 3 aromatic rings. The van der Waals surface area contributed by atoms with Gasteiger partial charge < -0.3 is 10.2 Å². The predicted molar refractivity (Wildman–Crippen MR) is 161 cm³/mol. The molecule has 0 aliphatic carbocycles. The van der Waals surface area contributed by atoms with Gasteiger partial charge in [0.2, 0.25) is 11.8 Å². The molecule has 7 nitrogen and oxygen atoms in total. The van der Waals surface area contributed by atoms with Crippen LogP contribution in [0, 0.1) is 6.92 Å². The molecule has 3 rings (SSSR count). The molecule has 0 spiro atoms. The summed E-state index contributed by atoms with van der Waals surface area (Å²) in [5.74, 6) is -0.868. The van der Waals surface area contributed by atoms with Gasteiger partial charge in [0.15, 0.2) is 0 Å². The average Bonchev–Trinajstić information content (AvgIpc) is 2.85. The van der Waals surface area contributed by atoms with E-state index in [1.54, 1.807) is 18.2 Å². The van der Waals surface area contributed by atoms with Crippen LogP contribution in [0.4, 0.5) is 5.69 Å². The number of rotatable bonds is 10. The molecule has 214 valence electrons. The highest BCUT2D eigenvalue weighted by Crippen LogP contribution is 2.30. The van der Waals surface area contributed by atoms with Gasteiger partial charge in [0.25, 0.3) is 10.0 Å². The van der Waals surface area contributed by atoms with E-state index in [1.807, 2.05) is 58.9 Å². The lowest BCUT2D eigenvalue weighted by Crippen LogP contribution is -2.55. The van der Waals surface area contributed by atoms with E-state index in [-0.39, 0.29) is 33.1 Å². The first-order chi connectivity index (χ1) is 18.7. The third-order valence-electron chi connectivity index (χ3n) is 6.06. The van der Waals surface area contributed by atoms with Gasteiger partial charge in [-0.15, -0.1) is 0 Å². The Balaban J connectivity index is 2.10. The van der Waals surface area contributed by atoms with Crippen LogP contribution in [0.1, 0.15) is 45.2 Å². The van der Waals surface area contributed by atoms with Crippen LogP contribution in [0.3, 0.4) is 0 Å². The third-order valence-corrected chi connectivity index (χ3v) is 8.29. The average molecular weight is 605 g/mol. The van der Waals surface area contributed by atoms with Crippen molar-refractivity contribution in [2.45, 2.75) is 64.1 Å². The van der Waals surface area contributed by atoms with Gasteiger partial charge in [-0.2, -0.15) is 0 Å². The SMILES string of the molecule is CC[C@H](C(=O)NC(C)(C)C)N(Cc1cccc(C)c1)C(=O)CN(c1cc(Cl)cc(Cl)c1)S(=O)(=O)c1ccccc1. The summed E-state index contributed by atoms with van der Waals surface area (Å²) in [6.07, 6.45) is 0.327. The minimum atomic E-state index is -4.21. The highest BCUT2D eigenvalue weighted by molar-refractivity contribution is 7.92. The Kier molecular flexibility index (Phi) is 10.3. The van der Waals surface area contributed by atoms with Gasteiger partial charge in [-0.3, -0.25) is 13.9 Å². The van der Waals surface area contributed by atoms with Gasteiger partial charge in [0, 0.05) is 22.1 Å². The Morgan fingerprint density at radius 2 is 1.55 bits per heavy atom. The summed E-state index contributed by atoms with van der Waals surface area (Å²) in [4.78, 5) is 28.9. The number of aryl methyl sites for hydroxylation is 1. The van der Waals surface area contributed by atoms with E-state index in [4.69, 9.17) is 23.2 Å². The standard InChI is InChI=1S/C30H35Cl2N3O4S/c1-6-27(29(37)33-30(3,4)5)34(19-22-12-10-11-21(2)15-22)28(36)20-35(25-17-23(31)16-24(32)18-25)40(38,39)26-13-8-7-9-14-26/h7-18,27H,6,19-20H2,1-5H3,(H,33,37)/t27-/m1/s1. The Morgan fingerprint density at radius 1 is 0.925 bits per heavy atom. The molecule has 0 bridgehead atoms. The van der Waals surface area contributed by atoms with Gasteiger partial charge in [-0.05, 0) is 70.0 Å². The molecule has 40 heavy (non-hydrogen) atoms. The number of amides is 2. The summed E-state index contributed by atoms with van der Waals surface area (Å²) in [6.45, 7) is 8.89. The minimum Gasteiger partial charge on any atom is -0.350 e. The van der Waals surface area contributed by atoms with Crippen LogP contribution in [-0.2, 0) is 26.2 Å². The molecule has 1 atom stereocenters. The zero-order chi connectivity index (χ0) is 29.7. The molecule has 0 fully saturated rings. The van der Waals surface area contributed by atoms with Crippen LogP contribution in [0.2, 0.25) is 10.0 Å². The van der Waals surface area contributed by atoms with Gasteiger partial charge >= 0.3 is 0 Å². The molecule has 1 N–H and O–H groups in total. The fraction of sp³-hybridized carbons (Fsp3) is 0.333. The van der Waals surface area contributed by atoms with Crippen LogP contribution in [-0.4, -0.2) is 43.3 Å². The maximum absolute atomic E-state index is 14.1. The molecule has 0 aliphatic rings. The van der Waals surface area contributed by atoms with Gasteiger partial charge in [0.1, 0.15) is 12.6 Å². The molecule has 0 aliphatic heterocycles. The maximum Gasteiger partial charge on any atom is 0.264 e. The molecule has 3 aromatic carbocycles. The van der Waals surface area contributed by atoms with Crippen molar-refractivity contribution in [3.05, 3.63) is 94.0 Å². The van der Waals surface area contributed by atoms with Gasteiger partial charge in [-0.1, -0.05) is 78.2 Å². The van der Waals surface area contributed by atoms with Crippen molar-refractivity contribution >= 4 is 50.7 Å². The van der Waals surface area contributed by atoms with Crippen LogP contribution in [0.25, 0.3) is 0 Å². The molecule has 0 unspecified atom stereocenters. The zero-order valence-corrected chi connectivity index (χ0v) is 25.6. The monoisotopic (exact) mass is 603 g/mol. The molecular weight excluding hydrogens is 569 g/mol. The quantitative estimate of drug-likeness (QED) is 0.298. The van der Waals surface area contributed by atoms with E-state index in [0.29, 0.717) is 6.42 Å². The summed E-state index contributed by atoms with van der Waals surface area (Å²) in [7, 11) is -4.21. The molecule has 0 saturated carbocycles. The highest BCUT2D eigenvalue weighted by atomic mass is 35.5. The number of hydrogen-bond donors (Lipinski definition) is 1. The van der Waals surface area contributed by atoms with Crippen molar-refractivity contribution in [2.24, 2.45) is 0 Å². The molecular formula is C30H35Cl2N3O4S. The lowest BCUT2D eigenvalue weighted by molar-refractivity contribution is -0.141. The van der Waals surface area contributed by atoms with E-state index in [0.717, 1.165) is 15.4 Å². The van der Waals surface area contributed by atoms with E-state index in [2.05, 4.69) is 5.32 Å². The number of carbonyl (C=O) groups is 2. The fourth-order valence-corrected chi connectivity index (χ4v) is 6.24. The van der Waals surface area contributed by atoms with E-state index in [1.165, 1.54) is 35.2 Å². The van der Waals surface area contributed by atoms with Gasteiger partial charge in [0.05, 0.1) is 10.6 Å². The fourth-order valence-electron chi connectivity index (χ4n) is 4.31. The van der Waals surface area contributed by atoms with Gasteiger partial charge in [-0.25, -0.2) is 8.42 Å². The lowest BCUT2D eigenvalue weighted by Gasteiger charge is -2.35. The molecule has 0 heterocycles. The lowest BCUT2D eigenvalue weighted by atomic mass is 10.0. The number of nitrogens with one attached hydrogen (secondary N) is 1. The Morgan fingerprint density at radius 3 is 2.10 bits per heavy atom. The first kappa shape index (κ1) is 31.5. The Hall–Kier alpha value is -3.07. The predicted octanol–water partition coefficient (Wildman–Crippen LogP) is 6.22. The molecule has 10 heteroatoms. The van der Waals surface area contributed by atoms with Crippen LogP contribution < -0.4 is 9.62 Å². The Bertz CT molecular complexity index is 1440. The van der Waals surface area contributed by atoms with Crippen LogP contribution in [0.15, 0.2) is 77.7 Å². The number of anilines is 1. The van der Waals surface area contributed by atoms with Crippen molar-refractivity contribution in [3.8, 4) is 0 Å². The number of halogens is 2. The molecule has 0 radical (unpaired) electrons. The number of carbonyl (C=O) groups excluding carboxylic acids is 2. The summed E-state index contributed by atoms with van der Waals surface area (Å²) < 4.78 is 28.7. The van der Waals surface area contributed by atoms with Crippen LogP contribution in [0.5, 0.6) is 0 Å². The zero-order valence-electron chi connectivity index (χ0n) is 23.3. The second kappa shape index (κ2) is 13.1. The van der Waals surface area contributed by atoms with E-state index in [9.17, 15) is 18.0 Å². The summed E-state index contributed by atoms with van der Waals surface area (Å²) >= 11 is 12.5. The van der Waals surface area contributed by atoms with Crippen molar-refractivity contribution in [1.29, 1.82) is 0 Å². The first-order valence-corrected chi connectivity index (χ1v) is 15.1. The highest BCUT2D eigenvalue weighted by Gasteiger charge is 2.34. The van der Waals surface area contributed by atoms with Crippen LogP contribution >= 0.6 is 23.2 Å². The van der Waals surface area contributed by atoms with Crippen molar-refractivity contribution in [2.75, 3.05) is 10.8 Å². The largest absolute Gasteiger partial charge is 0.350 e. The Labute approximate surface area is 247 Å². The third kappa shape index (κ3) is 8.22. The number of benzene rings is 3. The number of nitrogens with zero attached hydrogens (tertiary/aromatic N) is 2. The maximum atomic E-state index is 14.1. The second-order valence-electron chi connectivity index (χ2n) is 10.6. The second-order valence-corrected chi connectivity index (χ2v) is 13.4. The summed E-state index contributed by atoms with van der Waals surface area (Å²) in [5.41, 5.74) is 1.43. The normalized spacial score (nSPS) is 12.5. The first-order valence-electron chi connectivity index (χ1n) is 12.9. The summed E-state index contributed by atoms with van der Waals surface area (Å²) in [6, 6.07) is 19.0. The smallest absolute Gasteiger partial charge is 0.264 e. The topological polar surface area (TPSA) is 86.8 Å². The van der Waals surface area contributed by atoms with E-state index < -0.39 is 34.1 Å². The molecule has 0 aromatic heterocycles. The molecule has 0 saturated heterocycles. The van der Waals surface area contributed by atoms with Crippen molar-refractivity contribution < 1.29 is 18.0 Å². The summed E-state index contributed by atoms with van der Waals surface area (Å²) in [5, 5.41) is 3.40. The van der Waals surface area contributed by atoms with E-state index >= 15 is 0 Å². The molecule has 2 amide bonds. The number of sulfonamides is 1. The minimum absolute atomic E-state index is 0.00153. The number of hydrogen-bond acceptors (Lipinski definition) is 4. The van der Waals surface area contributed by atoms with Crippen molar-refractivity contribution in [1.82, 2.24) is 10.2 Å². The van der Waals surface area contributed by atoms with Crippen molar-refractivity contribution in [3.63, 3.8) is 0 Å².